The summed E-state index contributed by atoms with van der Waals surface area (Å²) in [6.45, 7) is 1.19. The molecule has 1 saturated heterocycles. The van der Waals surface area contributed by atoms with Crippen LogP contribution in [0.4, 0.5) is 0 Å². The Hall–Kier alpha value is -2.67. The number of aromatic amines is 2. The van der Waals surface area contributed by atoms with E-state index in [4.69, 9.17) is 4.74 Å². The molecule has 0 aliphatic carbocycles. The Morgan fingerprint density at radius 1 is 1.42 bits per heavy atom. The number of hydrogen-bond donors (Lipinski definition) is 2. The van der Waals surface area contributed by atoms with Crippen molar-refractivity contribution < 1.29 is 9.53 Å². The van der Waals surface area contributed by atoms with Crippen molar-refractivity contribution in [2.45, 2.75) is 18.4 Å². The van der Waals surface area contributed by atoms with E-state index >= 15 is 0 Å². The average Bonchev–Trinajstić information content (AvgIpc) is 3.33. The van der Waals surface area contributed by atoms with Gasteiger partial charge in [0, 0.05) is 48.8 Å². The summed E-state index contributed by atoms with van der Waals surface area (Å²) in [6.07, 6.45) is 4.17. The highest BCUT2D eigenvalue weighted by atomic mass is 16.5. The lowest BCUT2D eigenvalue weighted by Crippen LogP contribution is -2.36. The van der Waals surface area contributed by atoms with Crippen molar-refractivity contribution in [3.8, 4) is 0 Å². The Kier molecular flexibility index (Phi) is 3.78. The number of ether oxygens (including phenoxy) is 1. The maximum atomic E-state index is 12.9. The van der Waals surface area contributed by atoms with E-state index in [0.717, 1.165) is 23.1 Å². The smallest absolute Gasteiger partial charge is 0.254 e. The topological polar surface area (TPSA) is 86.9 Å². The number of H-pyrrole nitrogens is 2. The minimum Gasteiger partial charge on any atom is -0.376 e. The summed E-state index contributed by atoms with van der Waals surface area (Å²) in [4.78, 5) is 22.0. The van der Waals surface area contributed by atoms with Gasteiger partial charge < -0.3 is 14.6 Å². The Labute approximate surface area is 139 Å². The highest BCUT2D eigenvalue weighted by Gasteiger charge is 2.33. The minimum absolute atomic E-state index is 0.00739. The van der Waals surface area contributed by atoms with Crippen LogP contribution in [0.25, 0.3) is 10.9 Å². The van der Waals surface area contributed by atoms with Crippen molar-refractivity contribution in [3.63, 3.8) is 0 Å². The lowest BCUT2D eigenvalue weighted by atomic mass is 10.00. The molecule has 0 spiro atoms. The number of hydrogen-bond acceptors (Lipinski definition) is 4. The van der Waals surface area contributed by atoms with Gasteiger partial charge in [-0.15, -0.1) is 0 Å². The number of nitrogens with zero attached hydrogens (tertiary/aromatic N) is 3. The summed E-state index contributed by atoms with van der Waals surface area (Å²) in [6, 6.07) is 7.65. The van der Waals surface area contributed by atoms with Gasteiger partial charge in [-0.05, 0) is 24.6 Å². The second-order valence-corrected chi connectivity index (χ2v) is 6.11. The third-order valence-corrected chi connectivity index (χ3v) is 4.62. The van der Waals surface area contributed by atoms with Gasteiger partial charge in [0.05, 0.1) is 6.10 Å². The normalized spacial score (nSPS) is 20.5. The first-order chi connectivity index (χ1) is 11.7. The van der Waals surface area contributed by atoms with E-state index < -0.39 is 0 Å². The zero-order valence-corrected chi connectivity index (χ0v) is 13.4. The third-order valence-electron chi connectivity index (χ3n) is 4.62. The fourth-order valence-electron chi connectivity index (χ4n) is 3.37. The van der Waals surface area contributed by atoms with Crippen LogP contribution in [-0.2, 0) is 4.74 Å². The monoisotopic (exact) mass is 325 g/mol. The number of amides is 1. The summed E-state index contributed by atoms with van der Waals surface area (Å²) < 4.78 is 5.83. The number of benzene rings is 1. The van der Waals surface area contributed by atoms with Gasteiger partial charge in [-0.1, -0.05) is 6.07 Å². The van der Waals surface area contributed by atoms with E-state index in [1.165, 1.54) is 6.33 Å². The highest BCUT2D eigenvalue weighted by Crippen LogP contribution is 2.29. The first-order valence-electron chi connectivity index (χ1n) is 8.02. The predicted molar refractivity (Wildman–Crippen MR) is 88.7 cm³/mol. The van der Waals surface area contributed by atoms with Gasteiger partial charge in [0.2, 0.25) is 0 Å². The molecule has 0 radical (unpaired) electrons. The highest BCUT2D eigenvalue weighted by molar-refractivity contribution is 6.06. The maximum Gasteiger partial charge on any atom is 0.254 e. The van der Waals surface area contributed by atoms with Gasteiger partial charge in [0.15, 0.2) is 0 Å². The van der Waals surface area contributed by atoms with Gasteiger partial charge in [-0.2, -0.15) is 5.10 Å². The fraction of sp³-hybridized carbons (Fsp3) is 0.353. The molecule has 3 heterocycles. The van der Waals surface area contributed by atoms with E-state index in [2.05, 4.69) is 20.2 Å². The van der Waals surface area contributed by atoms with E-state index in [1.54, 1.807) is 4.90 Å². The van der Waals surface area contributed by atoms with Gasteiger partial charge in [0.1, 0.15) is 12.2 Å². The average molecular weight is 325 g/mol. The van der Waals surface area contributed by atoms with Crippen LogP contribution in [0.1, 0.15) is 28.5 Å². The van der Waals surface area contributed by atoms with Crippen molar-refractivity contribution in [3.05, 3.63) is 48.2 Å². The number of rotatable bonds is 4. The Bertz CT molecular complexity index is 842. The third kappa shape index (κ3) is 2.56. The lowest BCUT2D eigenvalue weighted by Gasteiger charge is -2.24. The van der Waals surface area contributed by atoms with Crippen molar-refractivity contribution in [1.82, 2.24) is 25.1 Å². The predicted octanol–water partition coefficient (Wildman–Crippen LogP) is 1.93. The Morgan fingerprint density at radius 3 is 3.17 bits per heavy atom. The molecule has 0 saturated carbocycles. The van der Waals surface area contributed by atoms with Crippen LogP contribution >= 0.6 is 0 Å². The van der Waals surface area contributed by atoms with Crippen molar-refractivity contribution in [2.24, 2.45) is 0 Å². The summed E-state index contributed by atoms with van der Waals surface area (Å²) >= 11 is 0. The molecule has 2 N–H and O–H groups in total. The Balaban J connectivity index is 1.52. The van der Waals surface area contributed by atoms with Crippen LogP contribution in [0.15, 0.2) is 36.8 Å². The number of carbonyl (C=O) groups is 1. The van der Waals surface area contributed by atoms with Gasteiger partial charge in [-0.3, -0.25) is 9.89 Å². The van der Waals surface area contributed by atoms with Gasteiger partial charge in [0.25, 0.3) is 5.91 Å². The van der Waals surface area contributed by atoms with E-state index in [1.807, 2.05) is 37.5 Å². The van der Waals surface area contributed by atoms with Crippen LogP contribution in [0.2, 0.25) is 0 Å². The number of aromatic nitrogens is 4. The maximum absolute atomic E-state index is 12.9. The quantitative estimate of drug-likeness (QED) is 0.767. The summed E-state index contributed by atoms with van der Waals surface area (Å²) in [5, 5.41) is 7.77. The van der Waals surface area contributed by atoms with Crippen LogP contribution in [-0.4, -0.2) is 57.3 Å². The molecule has 1 aliphatic heterocycles. The molecule has 24 heavy (non-hydrogen) atoms. The van der Waals surface area contributed by atoms with Crippen LogP contribution < -0.4 is 0 Å². The molecular weight excluding hydrogens is 306 g/mol. The van der Waals surface area contributed by atoms with Crippen molar-refractivity contribution in [1.29, 1.82) is 0 Å². The van der Waals surface area contributed by atoms with Crippen molar-refractivity contribution >= 4 is 16.8 Å². The van der Waals surface area contributed by atoms with E-state index in [0.29, 0.717) is 18.7 Å². The number of likely N-dealkylation sites (N-methyl/N-ethyl adjacent to an activating group) is 1. The van der Waals surface area contributed by atoms with Crippen LogP contribution in [0.5, 0.6) is 0 Å². The molecule has 2 aromatic heterocycles. The van der Waals surface area contributed by atoms with E-state index in [-0.39, 0.29) is 17.9 Å². The molecule has 0 unspecified atom stereocenters. The number of carbonyl (C=O) groups excluding carboxylic acids is 1. The fourth-order valence-corrected chi connectivity index (χ4v) is 3.37. The zero-order valence-electron chi connectivity index (χ0n) is 13.4. The lowest BCUT2D eigenvalue weighted by molar-refractivity contribution is 0.0551. The Morgan fingerprint density at radius 2 is 2.33 bits per heavy atom. The SMILES string of the molecule is CN(C[C@H]1OCC[C@H]1c1ncn[nH]1)C(=O)c1cccc2[nH]ccc12. The second kappa shape index (κ2) is 6.09. The molecule has 1 aliphatic rings. The largest absolute Gasteiger partial charge is 0.376 e. The van der Waals surface area contributed by atoms with Crippen molar-refractivity contribution in [2.75, 3.05) is 20.2 Å². The molecular formula is C17H19N5O2. The molecule has 0 bridgehead atoms. The number of fused-ring (bicyclic) bond motifs is 1. The van der Waals surface area contributed by atoms with Gasteiger partial charge >= 0.3 is 0 Å². The molecule has 1 amide bonds. The zero-order chi connectivity index (χ0) is 16.5. The van der Waals surface area contributed by atoms with Crippen LogP contribution in [0, 0.1) is 0 Å². The van der Waals surface area contributed by atoms with Crippen LogP contribution in [0.3, 0.4) is 0 Å². The number of nitrogens with one attached hydrogen (secondary N) is 2. The molecule has 124 valence electrons. The molecule has 7 heteroatoms. The first kappa shape index (κ1) is 14.9. The summed E-state index contributed by atoms with van der Waals surface area (Å²) in [7, 11) is 1.81. The van der Waals surface area contributed by atoms with E-state index in [9.17, 15) is 4.79 Å². The molecule has 7 nitrogen and oxygen atoms in total. The molecule has 3 aromatic rings. The summed E-state index contributed by atoms with van der Waals surface area (Å²) in [5.74, 6) is 0.962. The first-order valence-corrected chi connectivity index (χ1v) is 8.02. The molecule has 2 atom stereocenters. The minimum atomic E-state index is -0.0719. The molecule has 1 aromatic carbocycles. The second-order valence-electron chi connectivity index (χ2n) is 6.11. The standard InChI is InChI=1S/C17H19N5O2/c1-22(9-15-13(6-8-24-15)16-19-10-20-21-16)17(23)12-3-2-4-14-11(12)5-7-18-14/h2-5,7,10,13,15,18H,6,8-9H2,1H3,(H,19,20,21)/t13-,15-/m1/s1. The molecule has 1 fully saturated rings. The van der Waals surface area contributed by atoms with Gasteiger partial charge in [-0.25, -0.2) is 4.98 Å². The summed E-state index contributed by atoms with van der Waals surface area (Å²) in [5.41, 5.74) is 1.66. The molecule has 4 rings (SSSR count).